The van der Waals surface area contributed by atoms with E-state index < -0.39 is 0 Å². The van der Waals surface area contributed by atoms with Gasteiger partial charge < -0.3 is 16.5 Å². The van der Waals surface area contributed by atoms with Crippen molar-refractivity contribution in [2.75, 3.05) is 6.54 Å². The Kier molecular flexibility index (Phi) is 2.76. The Balaban J connectivity index is 3.03. The van der Waals surface area contributed by atoms with Gasteiger partial charge in [-0.1, -0.05) is 18.3 Å². The van der Waals surface area contributed by atoms with Gasteiger partial charge in [-0.2, -0.15) is 0 Å². The van der Waals surface area contributed by atoms with E-state index in [1.807, 2.05) is 12.1 Å². The fraction of sp³-hybridized carbons (Fsp3) is 0.286. The summed E-state index contributed by atoms with van der Waals surface area (Å²) in [4.78, 5) is 2.89. The Labute approximate surface area is 70.4 Å². The van der Waals surface area contributed by atoms with Crippen LogP contribution in [0, 0.1) is 4.64 Å². The molecule has 5 N–H and O–H groups in total. The molecule has 0 fully saturated rings. The summed E-state index contributed by atoms with van der Waals surface area (Å²) in [5, 5.41) is 0. The Morgan fingerprint density at radius 1 is 1.64 bits per heavy atom. The highest BCUT2D eigenvalue weighted by Crippen LogP contribution is 2.07. The van der Waals surface area contributed by atoms with E-state index >= 15 is 0 Å². The summed E-state index contributed by atoms with van der Waals surface area (Å²) in [6, 6.07) is 3.59. The molecule has 0 aliphatic rings. The van der Waals surface area contributed by atoms with Crippen LogP contribution in [0.25, 0.3) is 0 Å². The molecule has 60 valence electrons. The summed E-state index contributed by atoms with van der Waals surface area (Å²) < 4.78 is 0.672. The minimum Gasteiger partial charge on any atom is -0.353 e. The van der Waals surface area contributed by atoms with E-state index in [9.17, 15) is 0 Å². The Morgan fingerprint density at radius 3 is 2.91 bits per heavy atom. The molecule has 0 saturated heterocycles. The minimum atomic E-state index is -0.153. The molecule has 1 atom stereocenters. The van der Waals surface area contributed by atoms with Gasteiger partial charge in [0.15, 0.2) is 0 Å². The van der Waals surface area contributed by atoms with Crippen molar-refractivity contribution in [2.24, 2.45) is 11.5 Å². The van der Waals surface area contributed by atoms with Crippen LogP contribution in [0.1, 0.15) is 11.6 Å². The molecule has 0 bridgehead atoms. The minimum absolute atomic E-state index is 0.153. The summed E-state index contributed by atoms with van der Waals surface area (Å²) in [6.45, 7) is 0.418. The first-order chi connectivity index (χ1) is 5.25. The van der Waals surface area contributed by atoms with Crippen molar-refractivity contribution in [3.8, 4) is 0 Å². The molecule has 0 radical (unpaired) electrons. The van der Waals surface area contributed by atoms with Crippen LogP contribution < -0.4 is 11.5 Å². The van der Waals surface area contributed by atoms with Crippen molar-refractivity contribution in [3.63, 3.8) is 0 Å². The molecule has 0 amide bonds. The zero-order valence-electron chi connectivity index (χ0n) is 6.08. The van der Waals surface area contributed by atoms with Gasteiger partial charge in [-0.15, -0.1) is 0 Å². The largest absolute Gasteiger partial charge is 0.353 e. The van der Waals surface area contributed by atoms with Crippen molar-refractivity contribution >= 4 is 12.2 Å². The van der Waals surface area contributed by atoms with E-state index in [4.69, 9.17) is 23.7 Å². The number of aromatic amines is 1. The number of hydrogen-bond donors (Lipinski definition) is 3. The second-order valence-electron chi connectivity index (χ2n) is 2.30. The first-order valence-electron chi connectivity index (χ1n) is 3.39. The Hall–Kier alpha value is -0.710. The number of pyridine rings is 1. The zero-order valence-corrected chi connectivity index (χ0v) is 6.90. The highest BCUT2D eigenvalue weighted by molar-refractivity contribution is 7.71. The summed E-state index contributed by atoms with van der Waals surface area (Å²) in [5.74, 6) is 0. The fourth-order valence-electron chi connectivity index (χ4n) is 0.854. The van der Waals surface area contributed by atoms with Crippen molar-refractivity contribution in [2.45, 2.75) is 6.04 Å². The third-order valence-electron chi connectivity index (χ3n) is 1.50. The number of H-pyrrole nitrogens is 1. The van der Waals surface area contributed by atoms with Crippen LogP contribution in [0.3, 0.4) is 0 Å². The molecule has 1 rings (SSSR count). The van der Waals surface area contributed by atoms with E-state index in [1.165, 1.54) is 0 Å². The maximum Gasteiger partial charge on any atom is 0.108 e. The Morgan fingerprint density at radius 2 is 2.36 bits per heavy atom. The molecule has 0 spiro atoms. The van der Waals surface area contributed by atoms with Crippen LogP contribution in [0.15, 0.2) is 18.3 Å². The summed E-state index contributed by atoms with van der Waals surface area (Å²) in [5.41, 5.74) is 12.0. The van der Waals surface area contributed by atoms with Gasteiger partial charge in [0.25, 0.3) is 0 Å². The quantitative estimate of drug-likeness (QED) is 0.571. The van der Waals surface area contributed by atoms with Gasteiger partial charge in [0.05, 0.1) is 0 Å². The van der Waals surface area contributed by atoms with Crippen molar-refractivity contribution < 1.29 is 0 Å². The average molecular weight is 169 g/mol. The number of aromatic nitrogens is 1. The second kappa shape index (κ2) is 3.61. The van der Waals surface area contributed by atoms with Crippen LogP contribution in [-0.2, 0) is 0 Å². The molecule has 3 nitrogen and oxygen atoms in total. The lowest BCUT2D eigenvalue weighted by molar-refractivity contribution is 0.730. The average Bonchev–Trinajstić information content (AvgIpc) is 2.04. The van der Waals surface area contributed by atoms with Gasteiger partial charge >= 0.3 is 0 Å². The molecule has 1 unspecified atom stereocenters. The van der Waals surface area contributed by atoms with Crippen molar-refractivity contribution in [3.05, 3.63) is 28.5 Å². The standard InChI is InChI=1S/C7H11N3S/c8-4-6(9)5-2-1-3-10-7(5)11/h1-3,6H,4,8-9H2,(H,10,11). The number of nitrogens with one attached hydrogen (secondary N) is 1. The number of nitrogens with two attached hydrogens (primary N) is 2. The van der Waals surface area contributed by atoms with Crippen molar-refractivity contribution in [1.82, 2.24) is 4.98 Å². The third kappa shape index (κ3) is 1.86. The van der Waals surface area contributed by atoms with Gasteiger partial charge in [0.1, 0.15) is 4.64 Å². The monoisotopic (exact) mass is 169 g/mol. The molecule has 1 aromatic rings. The molecular formula is C7H11N3S. The maximum atomic E-state index is 5.68. The van der Waals surface area contributed by atoms with Crippen LogP contribution in [0.5, 0.6) is 0 Å². The predicted molar refractivity (Wildman–Crippen MR) is 47.6 cm³/mol. The SMILES string of the molecule is NCC(N)c1ccc[nH]c1=S. The maximum absolute atomic E-state index is 5.68. The normalized spacial score (nSPS) is 12.9. The summed E-state index contributed by atoms with van der Waals surface area (Å²) >= 11 is 5.00. The highest BCUT2D eigenvalue weighted by atomic mass is 32.1. The first-order valence-corrected chi connectivity index (χ1v) is 3.79. The summed E-state index contributed by atoms with van der Waals surface area (Å²) in [7, 11) is 0. The number of rotatable bonds is 2. The molecule has 0 aromatic carbocycles. The molecule has 0 aliphatic heterocycles. The lowest BCUT2D eigenvalue weighted by atomic mass is 10.1. The van der Waals surface area contributed by atoms with Gasteiger partial charge in [-0.3, -0.25) is 0 Å². The molecule has 1 aromatic heterocycles. The van der Waals surface area contributed by atoms with Crippen LogP contribution in [0.4, 0.5) is 0 Å². The first kappa shape index (κ1) is 8.39. The molecule has 1 heterocycles. The van der Waals surface area contributed by atoms with Crippen LogP contribution >= 0.6 is 12.2 Å². The number of hydrogen-bond acceptors (Lipinski definition) is 3. The van der Waals surface area contributed by atoms with Crippen LogP contribution in [0.2, 0.25) is 0 Å². The fourth-order valence-corrected chi connectivity index (χ4v) is 1.14. The molecular weight excluding hydrogens is 158 g/mol. The van der Waals surface area contributed by atoms with E-state index in [0.29, 0.717) is 11.2 Å². The summed E-state index contributed by atoms with van der Waals surface area (Å²) in [6.07, 6.45) is 1.77. The van der Waals surface area contributed by atoms with Gasteiger partial charge in [0.2, 0.25) is 0 Å². The third-order valence-corrected chi connectivity index (χ3v) is 1.86. The highest BCUT2D eigenvalue weighted by Gasteiger charge is 2.03. The van der Waals surface area contributed by atoms with E-state index in [1.54, 1.807) is 6.20 Å². The predicted octanol–water partition coefficient (Wildman–Crippen LogP) is 0.703. The lowest BCUT2D eigenvalue weighted by Crippen LogP contribution is -2.21. The molecule has 0 saturated carbocycles. The van der Waals surface area contributed by atoms with Crippen LogP contribution in [-0.4, -0.2) is 11.5 Å². The lowest BCUT2D eigenvalue weighted by Gasteiger charge is -2.07. The molecule has 11 heavy (non-hydrogen) atoms. The van der Waals surface area contributed by atoms with E-state index in [-0.39, 0.29) is 6.04 Å². The van der Waals surface area contributed by atoms with E-state index in [2.05, 4.69) is 4.98 Å². The second-order valence-corrected chi connectivity index (χ2v) is 2.71. The molecule has 4 heteroatoms. The Bertz CT molecular complexity index is 281. The van der Waals surface area contributed by atoms with E-state index in [0.717, 1.165) is 5.56 Å². The van der Waals surface area contributed by atoms with Gasteiger partial charge in [-0.05, 0) is 6.07 Å². The smallest absolute Gasteiger partial charge is 0.108 e. The zero-order chi connectivity index (χ0) is 8.27. The van der Waals surface area contributed by atoms with Crippen molar-refractivity contribution in [1.29, 1.82) is 0 Å². The van der Waals surface area contributed by atoms with Gasteiger partial charge in [0, 0.05) is 24.3 Å². The topological polar surface area (TPSA) is 67.8 Å². The van der Waals surface area contributed by atoms with Gasteiger partial charge in [-0.25, -0.2) is 0 Å². The molecule has 0 aliphatic carbocycles.